The van der Waals surface area contributed by atoms with E-state index in [1.165, 1.54) is 83.5 Å². The van der Waals surface area contributed by atoms with E-state index >= 15 is 0 Å². The van der Waals surface area contributed by atoms with Crippen LogP contribution in [-0.4, -0.2) is 73.4 Å². The standard InChI is InChI=1S/C55H99N2O6P/c1-6-8-10-12-13-14-15-16-17-18-19-20-21-22-23-24-25-26-27-28-29-30-31-32-33-34-35-36-37-38-39-40-41-42-43-45-47-49-55(59)56-53(54(58)48-46-44-11-9-7-2)52-63-64(60,61)62-51-50-57(3,4)5/h8,10,13-14,16-17,19-20,22-23,25-26,28-29,53-54,58H,6-7,9,11-12,15,18,21,24,27,30-52H2,1-5H3,(H-,56,59,60,61)/p+1/b10-8-,14-13-,17-16-,20-19-,23-22-,26-25-,29-28-. The van der Waals surface area contributed by atoms with E-state index in [0.717, 1.165) is 96.3 Å². The number of carbonyl (C=O) groups is 1. The summed E-state index contributed by atoms with van der Waals surface area (Å²) in [6.07, 6.45) is 64.0. The fourth-order valence-electron chi connectivity index (χ4n) is 7.08. The maximum atomic E-state index is 12.8. The van der Waals surface area contributed by atoms with Gasteiger partial charge >= 0.3 is 7.82 Å². The van der Waals surface area contributed by atoms with Gasteiger partial charge in [0.1, 0.15) is 13.2 Å². The lowest BCUT2D eigenvalue weighted by Crippen LogP contribution is -2.46. The third-order valence-corrected chi connectivity index (χ3v) is 12.1. The molecule has 0 fully saturated rings. The first-order valence-electron chi connectivity index (χ1n) is 26.0. The summed E-state index contributed by atoms with van der Waals surface area (Å²) in [5, 5.41) is 13.8. The Bertz CT molecular complexity index is 1310. The molecule has 8 nitrogen and oxygen atoms in total. The highest BCUT2D eigenvalue weighted by Crippen LogP contribution is 2.43. The number of allylic oxidation sites excluding steroid dienone is 14. The van der Waals surface area contributed by atoms with Crippen LogP contribution in [0.2, 0.25) is 0 Å². The highest BCUT2D eigenvalue weighted by molar-refractivity contribution is 7.47. The summed E-state index contributed by atoms with van der Waals surface area (Å²) in [6.45, 7) is 4.67. The monoisotopic (exact) mass is 916 g/mol. The van der Waals surface area contributed by atoms with Gasteiger partial charge in [-0.25, -0.2) is 4.57 Å². The Morgan fingerprint density at radius 1 is 0.547 bits per heavy atom. The van der Waals surface area contributed by atoms with Gasteiger partial charge < -0.3 is 19.8 Å². The molecule has 0 bridgehead atoms. The number of phosphoric ester groups is 1. The number of likely N-dealkylation sites (N-methyl/N-ethyl adjacent to an activating group) is 1. The summed E-state index contributed by atoms with van der Waals surface area (Å²) in [5.74, 6) is -0.155. The first-order valence-corrected chi connectivity index (χ1v) is 27.4. The molecule has 0 heterocycles. The van der Waals surface area contributed by atoms with E-state index in [1.807, 2.05) is 21.1 Å². The van der Waals surface area contributed by atoms with E-state index in [2.05, 4.69) is 104 Å². The molecule has 0 saturated heterocycles. The van der Waals surface area contributed by atoms with Crippen molar-refractivity contribution in [3.63, 3.8) is 0 Å². The zero-order valence-electron chi connectivity index (χ0n) is 42.0. The Morgan fingerprint density at radius 2 is 0.938 bits per heavy atom. The van der Waals surface area contributed by atoms with E-state index in [-0.39, 0.29) is 19.1 Å². The summed E-state index contributed by atoms with van der Waals surface area (Å²) >= 11 is 0. The summed E-state index contributed by atoms with van der Waals surface area (Å²) < 4.78 is 23.5. The van der Waals surface area contributed by atoms with Gasteiger partial charge in [0.2, 0.25) is 5.91 Å². The van der Waals surface area contributed by atoms with Gasteiger partial charge in [-0.15, -0.1) is 0 Å². The SMILES string of the molecule is CC/C=C\C/C=C\C/C=C\C/C=C\C/C=C\C/C=C\C/C=C\CCCCCCCCCCCCCCCCCC(=O)NC(COP(=O)(O)OCC[N+](C)(C)C)C(O)CCCCCCC. The predicted molar refractivity (Wildman–Crippen MR) is 276 cm³/mol. The number of carbonyl (C=O) groups excluding carboxylic acids is 1. The van der Waals surface area contributed by atoms with Crippen molar-refractivity contribution in [2.75, 3.05) is 40.9 Å². The molecule has 0 spiro atoms. The van der Waals surface area contributed by atoms with Gasteiger partial charge in [0.15, 0.2) is 0 Å². The Morgan fingerprint density at radius 3 is 1.38 bits per heavy atom. The van der Waals surface area contributed by atoms with E-state index in [9.17, 15) is 19.4 Å². The molecule has 1 amide bonds. The molecule has 0 aliphatic rings. The molecule has 0 aromatic rings. The van der Waals surface area contributed by atoms with Crippen LogP contribution in [-0.2, 0) is 18.4 Å². The van der Waals surface area contributed by atoms with E-state index in [0.29, 0.717) is 23.9 Å². The zero-order valence-corrected chi connectivity index (χ0v) is 42.9. The second-order valence-corrected chi connectivity index (χ2v) is 20.0. The van der Waals surface area contributed by atoms with Gasteiger partial charge in [-0.2, -0.15) is 0 Å². The first kappa shape index (κ1) is 61.7. The molecule has 3 unspecified atom stereocenters. The molecule has 3 atom stereocenters. The number of aliphatic hydroxyl groups excluding tert-OH is 1. The molecule has 0 aliphatic heterocycles. The summed E-state index contributed by atoms with van der Waals surface area (Å²) in [4.78, 5) is 23.0. The summed E-state index contributed by atoms with van der Waals surface area (Å²) in [6, 6.07) is -0.759. The third-order valence-electron chi connectivity index (χ3n) is 11.2. The lowest BCUT2D eigenvalue weighted by Gasteiger charge is -2.26. The van der Waals surface area contributed by atoms with Crippen LogP contribution in [0.25, 0.3) is 0 Å². The molecule has 0 aromatic heterocycles. The lowest BCUT2D eigenvalue weighted by molar-refractivity contribution is -0.870. The Balaban J connectivity index is 3.83. The molecule has 370 valence electrons. The number of nitrogens with one attached hydrogen (secondary N) is 1. The molecule has 0 aromatic carbocycles. The number of quaternary nitrogens is 1. The quantitative estimate of drug-likeness (QED) is 0.0243. The molecule has 3 N–H and O–H groups in total. The lowest BCUT2D eigenvalue weighted by atomic mass is 10.0. The summed E-state index contributed by atoms with van der Waals surface area (Å²) in [5.41, 5.74) is 0. The smallest absolute Gasteiger partial charge is 0.391 e. The van der Waals surface area contributed by atoms with Crippen LogP contribution in [0.4, 0.5) is 0 Å². The van der Waals surface area contributed by atoms with E-state index in [4.69, 9.17) is 9.05 Å². The minimum atomic E-state index is -4.30. The van der Waals surface area contributed by atoms with Crippen LogP contribution < -0.4 is 5.32 Å². The van der Waals surface area contributed by atoms with Gasteiger partial charge in [0.25, 0.3) is 0 Å². The fourth-order valence-corrected chi connectivity index (χ4v) is 7.82. The van der Waals surface area contributed by atoms with Gasteiger partial charge in [-0.05, 0) is 70.6 Å². The second kappa shape index (κ2) is 45.8. The van der Waals surface area contributed by atoms with Crippen molar-refractivity contribution in [3.8, 4) is 0 Å². The normalized spacial score (nSPS) is 14.8. The van der Waals surface area contributed by atoms with Gasteiger partial charge in [0, 0.05) is 6.42 Å². The Hall–Kier alpha value is -2.32. The molecular weight excluding hydrogens is 816 g/mol. The van der Waals surface area contributed by atoms with Crippen LogP contribution in [0.5, 0.6) is 0 Å². The molecular formula is C55H100N2O6P+. The van der Waals surface area contributed by atoms with Crippen LogP contribution in [0.3, 0.4) is 0 Å². The van der Waals surface area contributed by atoms with Crippen molar-refractivity contribution in [2.24, 2.45) is 0 Å². The number of rotatable bonds is 46. The third kappa shape index (κ3) is 47.6. The van der Waals surface area contributed by atoms with Crippen molar-refractivity contribution < 1.29 is 32.9 Å². The molecule has 0 aliphatic carbocycles. The summed E-state index contributed by atoms with van der Waals surface area (Å²) in [7, 11) is 1.60. The maximum absolute atomic E-state index is 12.8. The zero-order chi connectivity index (χ0) is 47.1. The number of unbranched alkanes of at least 4 members (excludes halogenated alkanes) is 19. The van der Waals surface area contributed by atoms with Crippen molar-refractivity contribution >= 4 is 13.7 Å². The van der Waals surface area contributed by atoms with Crippen LogP contribution in [0, 0.1) is 0 Å². The second-order valence-electron chi connectivity index (χ2n) is 18.5. The highest BCUT2D eigenvalue weighted by atomic mass is 31.2. The van der Waals surface area contributed by atoms with Crippen LogP contribution >= 0.6 is 7.82 Å². The average Bonchev–Trinajstić information content (AvgIpc) is 3.25. The highest BCUT2D eigenvalue weighted by Gasteiger charge is 2.28. The Kier molecular flexibility index (Phi) is 44.2. The van der Waals surface area contributed by atoms with Crippen LogP contribution in [0.1, 0.15) is 206 Å². The molecule has 64 heavy (non-hydrogen) atoms. The average molecular weight is 916 g/mol. The molecule has 0 saturated carbocycles. The van der Waals surface area contributed by atoms with Gasteiger partial charge in [0.05, 0.1) is 39.9 Å². The van der Waals surface area contributed by atoms with Crippen molar-refractivity contribution in [2.45, 2.75) is 219 Å². The van der Waals surface area contributed by atoms with Crippen molar-refractivity contribution in [1.82, 2.24) is 5.32 Å². The maximum Gasteiger partial charge on any atom is 0.472 e. The number of amides is 1. The minimum absolute atomic E-state index is 0.0714. The first-order chi connectivity index (χ1) is 31.0. The van der Waals surface area contributed by atoms with E-state index in [1.54, 1.807) is 0 Å². The fraction of sp³-hybridized carbons (Fsp3) is 0.727. The van der Waals surface area contributed by atoms with Crippen LogP contribution in [0.15, 0.2) is 85.1 Å². The topological polar surface area (TPSA) is 105 Å². The predicted octanol–water partition coefficient (Wildman–Crippen LogP) is 15.3. The number of nitrogens with zero attached hydrogens (tertiary/aromatic N) is 1. The Labute approximate surface area is 395 Å². The molecule has 0 radical (unpaired) electrons. The van der Waals surface area contributed by atoms with Crippen molar-refractivity contribution in [1.29, 1.82) is 0 Å². The molecule has 9 heteroatoms. The number of hydrogen-bond acceptors (Lipinski definition) is 5. The largest absolute Gasteiger partial charge is 0.472 e. The number of aliphatic hydroxyl groups is 1. The molecule has 0 rings (SSSR count). The minimum Gasteiger partial charge on any atom is -0.391 e. The number of hydrogen-bond donors (Lipinski definition) is 3. The number of phosphoric acid groups is 1. The van der Waals surface area contributed by atoms with Gasteiger partial charge in [-0.1, -0.05) is 214 Å². The van der Waals surface area contributed by atoms with E-state index < -0.39 is 20.0 Å². The van der Waals surface area contributed by atoms with Crippen molar-refractivity contribution in [3.05, 3.63) is 85.1 Å². The van der Waals surface area contributed by atoms with Gasteiger partial charge in [-0.3, -0.25) is 13.8 Å².